The Morgan fingerprint density at radius 3 is 2.58 bits per heavy atom. The molecule has 1 fully saturated rings. The minimum Gasteiger partial charge on any atom is -0.508 e. The standard InChI is InChI=1S/C17H22O2/c1-11-4-7-13-10-15(11)16(19-17(13,2)3)12-5-8-14(18)9-6-12/h4-6,8-9,13,15-16,18H,7,10H2,1-3H3/t13-,15+,16+/m1/s1. The monoisotopic (exact) mass is 258 g/mol. The van der Waals surface area contributed by atoms with E-state index in [2.05, 4.69) is 26.8 Å². The molecule has 1 aliphatic heterocycles. The molecule has 2 aliphatic rings. The van der Waals surface area contributed by atoms with Crippen LogP contribution in [0, 0.1) is 11.8 Å². The van der Waals surface area contributed by atoms with Gasteiger partial charge in [-0.2, -0.15) is 0 Å². The van der Waals surface area contributed by atoms with Crippen LogP contribution in [-0.4, -0.2) is 10.7 Å². The maximum Gasteiger partial charge on any atom is 0.115 e. The lowest BCUT2D eigenvalue weighted by Crippen LogP contribution is -2.45. The van der Waals surface area contributed by atoms with Gasteiger partial charge in [-0.1, -0.05) is 23.8 Å². The highest BCUT2D eigenvalue weighted by Gasteiger charge is 2.45. The van der Waals surface area contributed by atoms with Crippen molar-refractivity contribution in [3.63, 3.8) is 0 Å². The van der Waals surface area contributed by atoms with Crippen LogP contribution >= 0.6 is 0 Å². The fourth-order valence-electron chi connectivity index (χ4n) is 3.47. The first-order valence-corrected chi connectivity index (χ1v) is 7.11. The van der Waals surface area contributed by atoms with Crippen LogP contribution in [0.4, 0.5) is 0 Å². The molecule has 0 spiro atoms. The Labute approximate surface area is 115 Å². The second-order valence-corrected chi connectivity index (χ2v) is 6.46. The minimum atomic E-state index is -0.0732. The van der Waals surface area contributed by atoms with Crippen LogP contribution in [0.15, 0.2) is 35.9 Å². The van der Waals surface area contributed by atoms with Crippen molar-refractivity contribution in [2.75, 3.05) is 0 Å². The maximum atomic E-state index is 9.43. The molecular weight excluding hydrogens is 236 g/mol. The first-order chi connectivity index (χ1) is 8.97. The Morgan fingerprint density at radius 2 is 1.89 bits per heavy atom. The van der Waals surface area contributed by atoms with E-state index in [9.17, 15) is 5.11 Å². The normalized spacial score (nSPS) is 32.8. The highest BCUT2D eigenvalue weighted by Crippen LogP contribution is 2.50. The van der Waals surface area contributed by atoms with Gasteiger partial charge in [0, 0.05) is 5.92 Å². The number of hydrogen-bond donors (Lipinski definition) is 1. The number of benzene rings is 1. The summed E-state index contributed by atoms with van der Waals surface area (Å²) in [4.78, 5) is 0. The number of ether oxygens (including phenoxy) is 1. The predicted octanol–water partition coefficient (Wildman–Crippen LogP) is 4.21. The van der Waals surface area contributed by atoms with Gasteiger partial charge in [-0.25, -0.2) is 0 Å². The van der Waals surface area contributed by atoms with Crippen molar-refractivity contribution in [3.8, 4) is 5.75 Å². The smallest absolute Gasteiger partial charge is 0.115 e. The summed E-state index contributed by atoms with van der Waals surface area (Å²) < 4.78 is 6.41. The first-order valence-electron chi connectivity index (χ1n) is 7.11. The van der Waals surface area contributed by atoms with Gasteiger partial charge >= 0.3 is 0 Å². The highest BCUT2D eigenvalue weighted by molar-refractivity contribution is 5.30. The Kier molecular flexibility index (Phi) is 2.94. The number of hydrogen-bond acceptors (Lipinski definition) is 2. The zero-order valence-electron chi connectivity index (χ0n) is 11.9. The number of rotatable bonds is 1. The number of phenols is 1. The molecule has 2 heteroatoms. The molecule has 1 N–H and O–H groups in total. The van der Waals surface area contributed by atoms with Gasteiger partial charge in [0.2, 0.25) is 0 Å². The van der Waals surface area contributed by atoms with E-state index >= 15 is 0 Å². The van der Waals surface area contributed by atoms with Gasteiger partial charge in [0.15, 0.2) is 0 Å². The molecule has 3 rings (SSSR count). The van der Waals surface area contributed by atoms with Crippen LogP contribution in [-0.2, 0) is 4.74 Å². The lowest BCUT2D eigenvalue weighted by molar-refractivity contribution is -0.166. The molecule has 1 aromatic rings. The van der Waals surface area contributed by atoms with Crippen molar-refractivity contribution in [2.45, 2.75) is 45.3 Å². The molecule has 1 aliphatic carbocycles. The van der Waals surface area contributed by atoms with Gasteiger partial charge in [0.05, 0.1) is 11.7 Å². The van der Waals surface area contributed by atoms with Crippen LogP contribution in [0.3, 0.4) is 0 Å². The number of phenolic OH excluding ortho intramolecular Hbond substituents is 1. The molecule has 1 saturated heterocycles. The van der Waals surface area contributed by atoms with E-state index in [0.717, 1.165) is 6.42 Å². The quantitative estimate of drug-likeness (QED) is 0.764. The van der Waals surface area contributed by atoms with Crippen LogP contribution in [0.5, 0.6) is 5.75 Å². The van der Waals surface area contributed by atoms with Gasteiger partial charge in [-0.15, -0.1) is 0 Å². The van der Waals surface area contributed by atoms with Crippen molar-refractivity contribution in [2.24, 2.45) is 11.8 Å². The molecular formula is C17H22O2. The van der Waals surface area contributed by atoms with Gasteiger partial charge in [0.1, 0.15) is 5.75 Å². The molecule has 0 amide bonds. The second-order valence-electron chi connectivity index (χ2n) is 6.46. The maximum absolute atomic E-state index is 9.43. The van der Waals surface area contributed by atoms with Crippen LogP contribution < -0.4 is 0 Å². The van der Waals surface area contributed by atoms with Crippen LogP contribution in [0.2, 0.25) is 0 Å². The molecule has 0 aromatic heterocycles. The Morgan fingerprint density at radius 1 is 1.21 bits per heavy atom. The van der Waals surface area contributed by atoms with Gasteiger partial charge in [-0.05, 0) is 57.2 Å². The van der Waals surface area contributed by atoms with Gasteiger partial charge in [0.25, 0.3) is 0 Å². The third-order valence-corrected chi connectivity index (χ3v) is 4.85. The fraction of sp³-hybridized carbons (Fsp3) is 0.529. The van der Waals surface area contributed by atoms with Crippen molar-refractivity contribution in [1.29, 1.82) is 0 Å². The lowest BCUT2D eigenvalue weighted by atomic mass is 9.69. The van der Waals surface area contributed by atoms with E-state index in [1.165, 1.54) is 17.6 Å². The highest BCUT2D eigenvalue weighted by atomic mass is 16.5. The molecule has 2 bridgehead atoms. The van der Waals surface area contributed by atoms with E-state index in [1.807, 2.05) is 12.1 Å². The van der Waals surface area contributed by atoms with Crippen molar-refractivity contribution >= 4 is 0 Å². The lowest BCUT2D eigenvalue weighted by Gasteiger charge is -2.49. The summed E-state index contributed by atoms with van der Waals surface area (Å²) in [5.41, 5.74) is 2.55. The minimum absolute atomic E-state index is 0.0732. The molecule has 0 radical (unpaired) electrons. The van der Waals surface area contributed by atoms with Crippen molar-refractivity contribution in [3.05, 3.63) is 41.5 Å². The first kappa shape index (κ1) is 12.7. The predicted molar refractivity (Wildman–Crippen MR) is 76.0 cm³/mol. The number of aromatic hydroxyl groups is 1. The zero-order chi connectivity index (χ0) is 13.6. The van der Waals surface area contributed by atoms with E-state index in [1.54, 1.807) is 12.1 Å². The van der Waals surface area contributed by atoms with E-state index < -0.39 is 0 Å². The summed E-state index contributed by atoms with van der Waals surface area (Å²) in [6.07, 6.45) is 4.85. The largest absolute Gasteiger partial charge is 0.508 e. The topological polar surface area (TPSA) is 29.5 Å². The third kappa shape index (κ3) is 2.18. The molecule has 2 nitrogen and oxygen atoms in total. The Hall–Kier alpha value is -1.28. The van der Waals surface area contributed by atoms with Gasteiger partial charge in [-0.3, -0.25) is 0 Å². The second kappa shape index (κ2) is 4.38. The molecule has 0 saturated carbocycles. The summed E-state index contributed by atoms with van der Waals surface area (Å²) in [6, 6.07) is 7.47. The summed E-state index contributed by atoms with van der Waals surface area (Å²) >= 11 is 0. The molecule has 102 valence electrons. The van der Waals surface area contributed by atoms with Crippen molar-refractivity contribution < 1.29 is 9.84 Å². The fourth-order valence-corrected chi connectivity index (χ4v) is 3.47. The number of allylic oxidation sites excluding steroid dienone is 1. The Balaban J connectivity index is 1.97. The SMILES string of the molecule is CC1=CC[C@@H]2C[C@@H]1[C@H](c1ccc(O)cc1)OC2(C)C. The summed E-state index contributed by atoms with van der Waals surface area (Å²) in [7, 11) is 0. The Bertz CT molecular complexity index is 498. The van der Waals surface area contributed by atoms with Crippen molar-refractivity contribution in [1.82, 2.24) is 0 Å². The molecule has 3 atom stereocenters. The molecule has 1 heterocycles. The van der Waals surface area contributed by atoms with Gasteiger partial charge < -0.3 is 9.84 Å². The molecule has 1 aromatic carbocycles. The van der Waals surface area contributed by atoms with E-state index in [-0.39, 0.29) is 11.7 Å². The average molecular weight is 258 g/mol. The summed E-state index contributed by atoms with van der Waals surface area (Å²) in [5.74, 6) is 1.42. The number of fused-ring (bicyclic) bond motifs is 2. The molecule has 19 heavy (non-hydrogen) atoms. The molecule has 0 unspecified atom stereocenters. The van der Waals surface area contributed by atoms with E-state index in [0.29, 0.717) is 17.6 Å². The van der Waals surface area contributed by atoms with E-state index in [4.69, 9.17) is 4.74 Å². The average Bonchev–Trinajstić information content (AvgIpc) is 2.37. The zero-order valence-corrected chi connectivity index (χ0v) is 11.9. The summed E-state index contributed by atoms with van der Waals surface area (Å²) in [5, 5.41) is 9.43. The summed E-state index contributed by atoms with van der Waals surface area (Å²) in [6.45, 7) is 6.63. The van der Waals surface area contributed by atoms with Crippen LogP contribution in [0.1, 0.15) is 45.3 Å². The third-order valence-electron chi connectivity index (χ3n) is 4.85. The van der Waals surface area contributed by atoms with Crippen LogP contribution in [0.25, 0.3) is 0 Å².